The Morgan fingerprint density at radius 3 is 2.82 bits per heavy atom. The molecular formula is C13H8ClN2O. The summed E-state index contributed by atoms with van der Waals surface area (Å²) in [5.74, 6) is 1.04. The summed E-state index contributed by atoms with van der Waals surface area (Å²) in [6.45, 7) is 0. The number of hydrogen-bond donors (Lipinski definition) is 0. The van der Waals surface area contributed by atoms with Crippen molar-refractivity contribution in [1.29, 1.82) is 5.26 Å². The Labute approximate surface area is 104 Å². The van der Waals surface area contributed by atoms with Gasteiger partial charge in [0.05, 0.1) is 11.8 Å². The molecule has 0 saturated heterocycles. The van der Waals surface area contributed by atoms with E-state index in [0.29, 0.717) is 22.3 Å². The molecule has 1 aromatic heterocycles. The largest absolute Gasteiger partial charge is 0.439 e. The van der Waals surface area contributed by atoms with Crippen LogP contribution in [-0.2, 0) is 0 Å². The molecule has 0 aliphatic heterocycles. The Morgan fingerprint density at radius 2 is 2.06 bits per heavy atom. The molecule has 4 heteroatoms. The van der Waals surface area contributed by atoms with Crippen LogP contribution in [0.4, 0.5) is 0 Å². The summed E-state index contributed by atoms with van der Waals surface area (Å²) in [6, 6.07) is 14.2. The lowest BCUT2D eigenvalue weighted by atomic mass is 10.3. The zero-order valence-electron chi connectivity index (χ0n) is 8.80. The van der Waals surface area contributed by atoms with E-state index in [1.807, 2.05) is 6.07 Å². The van der Waals surface area contributed by atoms with Gasteiger partial charge in [-0.15, -0.1) is 0 Å². The van der Waals surface area contributed by atoms with Crippen LogP contribution in [0.2, 0.25) is 5.02 Å². The standard InChI is InChI=1S/C13H8ClN2O/c14-10-3-1-5-12(9-10)17-13-6-2-4-11(16-13)7-8-15/h1-7,9H. The normalized spacial score (nSPS) is 9.65. The number of nitrogens with zero attached hydrogens (tertiary/aromatic N) is 2. The van der Waals surface area contributed by atoms with Gasteiger partial charge in [0.15, 0.2) is 0 Å². The molecular weight excluding hydrogens is 236 g/mol. The van der Waals surface area contributed by atoms with Gasteiger partial charge in [-0.3, -0.25) is 0 Å². The van der Waals surface area contributed by atoms with E-state index in [-0.39, 0.29) is 0 Å². The zero-order chi connectivity index (χ0) is 12.1. The lowest BCUT2D eigenvalue weighted by Gasteiger charge is -2.05. The van der Waals surface area contributed by atoms with Crippen LogP contribution < -0.4 is 4.74 Å². The van der Waals surface area contributed by atoms with E-state index in [2.05, 4.69) is 4.98 Å². The maximum absolute atomic E-state index is 8.53. The van der Waals surface area contributed by atoms with Crippen LogP contribution in [0.1, 0.15) is 5.69 Å². The van der Waals surface area contributed by atoms with Crippen molar-refractivity contribution in [1.82, 2.24) is 4.98 Å². The number of halogens is 1. The summed E-state index contributed by atoms with van der Waals surface area (Å²) in [7, 11) is 0. The Morgan fingerprint density at radius 1 is 1.24 bits per heavy atom. The maximum Gasteiger partial charge on any atom is 0.219 e. The van der Waals surface area contributed by atoms with Crippen molar-refractivity contribution in [3.05, 3.63) is 59.6 Å². The SMILES string of the molecule is N#C[CH]c1cccc(Oc2cccc(Cl)c2)n1. The van der Waals surface area contributed by atoms with Gasteiger partial charge in [0.2, 0.25) is 5.88 Å². The smallest absolute Gasteiger partial charge is 0.219 e. The van der Waals surface area contributed by atoms with Crippen LogP contribution in [-0.4, -0.2) is 4.98 Å². The third-order valence-corrected chi connectivity index (χ3v) is 2.21. The number of nitriles is 1. The average Bonchev–Trinajstić information content (AvgIpc) is 2.30. The fourth-order valence-corrected chi connectivity index (χ4v) is 1.47. The molecule has 1 aromatic carbocycles. The molecule has 1 heterocycles. The lowest BCUT2D eigenvalue weighted by molar-refractivity contribution is 0.462. The summed E-state index contributed by atoms with van der Waals surface area (Å²) in [5, 5.41) is 9.13. The topological polar surface area (TPSA) is 45.9 Å². The Bertz CT molecular complexity index is 563. The third-order valence-electron chi connectivity index (χ3n) is 1.98. The number of hydrogen-bond acceptors (Lipinski definition) is 3. The van der Waals surface area contributed by atoms with E-state index in [1.54, 1.807) is 42.5 Å². The second-order valence-electron chi connectivity index (χ2n) is 3.23. The average molecular weight is 244 g/mol. The molecule has 0 fully saturated rings. The highest BCUT2D eigenvalue weighted by molar-refractivity contribution is 6.30. The molecule has 3 nitrogen and oxygen atoms in total. The molecule has 17 heavy (non-hydrogen) atoms. The number of rotatable bonds is 3. The van der Waals surface area contributed by atoms with Crippen molar-refractivity contribution >= 4 is 11.6 Å². The number of aromatic nitrogens is 1. The van der Waals surface area contributed by atoms with E-state index in [9.17, 15) is 0 Å². The van der Waals surface area contributed by atoms with Gasteiger partial charge >= 0.3 is 0 Å². The minimum Gasteiger partial charge on any atom is -0.439 e. The molecule has 0 amide bonds. The summed E-state index contributed by atoms with van der Waals surface area (Å²) < 4.78 is 5.52. The molecule has 0 N–H and O–H groups in total. The Kier molecular flexibility index (Phi) is 3.59. The molecule has 2 aromatic rings. The Balaban J connectivity index is 2.19. The summed E-state index contributed by atoms with van der Waals surface area (Å²) >= 11 is 5.84. The molecule has 2 rings (SSSR count). The predicted octanol–water partition coefficient (Wildman–Crippen LogP) is 3.60. The highest BCUT2D eigenvalue weighted by atomic mass is 35.5. The van der Waals surface area contributed by atoms with Crippen LogP contribution in [0.5, 0.6) is 11.6 Å². The molecule has 0 aliphatic carbocycles. The second-order valence-corrected chi connectivity index (χ2v) is 3.67. The van der Waals surface area contributed by atoms with Crippen molar-refractivity contribution in [2.45, 2.75) is 0 Å². The number of benzene rings is 1. The van der Waals surface area contributed by atoms with E-state index in [0.717, 1.165) is 0 Å². The first-order chi connectivity index (χ1) is 8.28. The van der Waals surface area contributed by atoms with E-state index in [4.69, 9.17) is 21.6 Å². The quantitative estimate of drug-likeness (QED) is 0.827. The molecule has 0 atom stereocenters. The minimum atomic E-state index is 0.427. The van der Waals surface area contributed by atoms with Gasteiger partial charge in [-0.25, -0.2) is 4.98 Å². The summed E-state index contributed by atoms with van der Waals surface area (Å²) in [5.41, 5.74) is 0.562. The van der Waals surface area contributed by atoms with Crippen molar-refractivity contribution < 1.29 is 4.74 Å². The minimum absolute atomic E-state index is 0.427. The van der Waals surface area contributed by atoms with Gasteiger partial charge in [-0.2, -0.15) is 5.26 Å². The molecule has 1 radical (unpaired) electrons. The predicted molar refractivity (Wildman–Crippen MR) is 64.8 cm³/mol. The van der Waals surface area contributed by atoms with Crippen molar-refractivity contribution in [2.75, 3.05) is 0 Å². The lowest BCUT2D eigenvalue weighted by Crippen LogP contribution is -1.91. The van der Waals surface area contributed by atoms with Gasteiger partial charge in [0, 0.05) is 11.1 Å². The first-order valence-corrected chi connectivity index (χ1v) is 5.29. The van der Waals surface area contributed by atoms with Gasteiger partial charge in [0.25, 0.3) is 0 Å². The van der Waals surface area contributed by atoms with E-state index in [1.165, 1.54) is 6.42 Å². The van der Waals surface area contributed by atoms with Crippen LogP contribution in [0.25, 0.3) is 0 Å². The Hall–Kier alpha value is -2.05. The fraction of sp³-hybridized carbons (Fsp3) is 0. The van der Waals surface area contributed by atoms with Gasteiger partial charge in [-0.05, 0) is 24.3 Å². The third kappa shape index (κ3) is 3.20. The first kappa shape index (κ1) is 11.4. The van der Waals surface area contributed by atoms with Crippen molar-refractivity contribution in [3.63, 3.8) is 0 Å². The van der Waals surface area contributed by atoms with Crippen molar-refractivity contribution in [3.8, 4) is 17.7 Å². The molecule has 0 unspecified atom stereocenters. The van der Waals surface area contributed by atoms with Gasteiger partial charge < -0.3 is 4.74 Å². The fourth-order valence-electron chi connectivity index (χ4n) is 1.29. The van der Waals surface area contributed by atoms with Crippen LogP contribution in [0.15, 0.2) is 42.5 Å². The summed E-state index contributed by atoms with van der Waals surface area (Å²) in [4.78, 5) is 4.14. The van der Waals surface area contributed by atoms with Crippen molar-refractivity contribution in [2.24, 2.45) is 0 Å². The highest BCUT2D eigenvalue weighted by Gasteiger charge is 2.01. The summed E-state index contributed by atoms with van der Waals surface area (Å²) in [6.07, 6.45) is 1.35. The van der Waals surface area contributed by atoms with Crippen LogP contribution in [0, 0.1) is 17.8 Å². The molecule has 0 aliphatic rings. The van der Waals surface area contributed by atoms with E-state index < -0.39 is 0 Å². The molecule has 0 bridgehead atoms. The van der Waals surface area contributed by atoms with Crippen LogP contribution >= 0.6 is 11.6 Å². The monoisotopic (exact) mass is 243 g/mol. The number of pyridine rings is 1. The molecule has 83 valence electrons. The van der Waals surface area contributed by atoms with Crippen LogP contribution in [0.3, 0.4) is 0 Å². The molecule has 0 spiro atoms. The highest BCUT2D eigenvalue weighted by Crippen LogP contribution is 2.22. The first-order valence-electron chi connectivity index (χ1n) is 4.91. The van der Waals surface area contributed by atoms with Gasteiger partial charge in [0.1, 0.15) is 12.2 Å². The number of ether oxygens (including phenoxy) is 1. The maximum atomic E-state index is 8.53. The second kappa shape index (κ2) is 5.33. The van der Waals surface area contributed by atoms with E-state index >= 15 is 0 Å². The molecule has 0 saturated carbocycles. The van der Waals surface area contributed by atoms with Gasteiger partial charge in [-0.1, -0.05) is 23.7 Å². The zero-order valence-corrected chi connectivity index (χ0v) is 9.56.